The van der Waals surface area contributed by atoms with Crippen molar-refractivity contribution in [3.8, 4) is 22.3 Å². The van der Waals surface area contributed by atoms with Crippen molar-refractivity contribution < 1.29 is 9.31 Å². The van der Waals surface area contributed by atoms with E-state index < -0.39 is 0 Å². The van der Waals surface area contributed by atoms with E-state index in [1.807, 2.05) is 0 Å². The first kappa shape index (κ1) is 33.8. The molecule has 5 rings (SSSR count). The van der Waals surface area contributed by atoms with Crippen LogP contribution in [-0.4, -0.2) is 18.3 Å². The predicted molar refractivity (Wildman–Crippen MR) is 194 cm³/mol. The average Bonchev–Trinajstić information content (AvgIpc) is 3.42. The van der Waals surface area contributed by atoms with Crippen molar-refractivity contribution in [3.63, 3.8) is 0 Å². The van der Waals surface area contributed by atoms with E-state index in [1.54, 1.807) is 0 Å². The van der Waals surface area contributed by atoms with E-state index in [9.17, 15) is 0 Å². The zero-order chi connectivity index (χ0) is 32.1. The van der Waals surface area contributed by atoms with Crippen LogP contribution in [0.25, 0.3) is 22.3 Å². The number of hydrogen-bond acceptors (Lipinski definition) is 3. The molecule has 0 saturated carbocycles. The van der Waals surface area contributed by atoms with E-state index in [1.165, 1.54) is 123 Å². The second-order valence-corrected chi connectivity index (χ2v) is 14.8. The Kier molecular flexibility index (Phi) is 10.9. The van der Waals surface area contributed by atoms with Crippen molar-refractivity contribution in [1.29, 1.82) is 0 Å². The Balaban J connectivity index is 1.52. The quantitative estimate of drug-likeness (QED) is 0.100. The molecule has 0 atom stereocenters. The lowest BCUT2D eigenvalue weighted by Gasteiger charge is -2.35. The summed E-state index contributed by atoms with van der Waals surface area (Å²) in [6.07, 6.45) is 18.1. The topological polar surface area (TPSA) is 44.5 Å². The van der Waals surface area contributed by atoms with Gasteiger partial charge in [-0.25, -0.2) is 0 Å². The Bertz CT molecular complexity index is 1380. The van der Waals surface area contributed by atoms with E-state index in [0.29, 0.717) is 0 Å². The van der Waals surface area contributed by atoms with Gasteiger partial charge in [0.05, 0.1) is 11.2 Å². The summed E-state index contributed by atoms with van der Waals surface area (Å²) in [7, 11) is -0.369. The third-order valence-corrected chi connectivity index (χ3v) is 11.1. The van der Waals surface area contributed by atoms with Crippen molar-refractivity contribution in [1.82, 2.24) is 0 Å². The maximum atomic E-state index is 6.98. The fourth-order valence-corrected chi connectivity index (χ4v) is 7.77. The lowest BCUT2D eigenvalue weighted by atomic mass is 9.68. The highest BCUT2D eigenvalue weighted by atomic mass is 16.7. The molecule has 0 aromatic heterocycles. The maximum absolute atomic E-state index is 6.98. The first-order valence-electron chi connectivity index (χ1n) is 18.1. The number of benzene rings is 3. The van der Waals surface area contributed by atoms with E-state index in [-0.39, 0.29) is 23.7 Å². The highest BCUT2D eigenvalue weighted by molar-refractivity contribution is 6.62. The van der Waals surface area contributed by atoms with Crippen LogP contribution in [0.2, 0.25) is 0 Å². The first-order chi connectivity index (χ1) is 21.6. The highest BCUT2D eigenvalue weighted by Crippen LogP contribution is 2.58. The number of unbranched alkanes of at least 4 members (excludes halogenated alkanes) is 10. The summed E-state index contributed by atoms with van der Waals surface area (Å²) in [6.45, 7) is 13.0. The van der Waals surface area contributed by atoms with Gasteiger partial charge in [0.15, 0.2) is 0 Å². The van der Waals surface area contributed by atoms with Gasteiger partial charge >= 0.3 is 7.12 Å². The number of nitrogen functional groups attached to an aromatic ring is 1. The third-order valence-electron chi connectivity index (χ3n) is 11.1. The van der Waals surface area contributed by atoms with Crippen LogP contribution in [0.15, 0.2) is 60.7 Å². The van der Waals surface area contributed by atoms with E-state index in [4.69, 9.17) is 15.0 Å². The van der Waals surface area contributed by atoms with Gasteiger partial charge in [-0.3, -0.25) is 0 Å². The third kappa shape index (κ3) is 6.93. The molecule has 1 saturated heterocycles. The smallest absolute Gasteiger partial charge is 0.399 e. The van der Waals surface area contributed by atoms with Crippen LogP contribution < -0.4 is 11.2 Å². The Labute approximate surface area is 274 Å². The number of nitrogens with two attached hydrogens (primary N) is 1. The van der Waals surface area contributed by atoms with Crippen molar-refractivity contribution in [3.05, 3.63) is 71.8 Å². The molecule has 4 heteroatoms. The largest absolute Gasteiger partial charge is 0.494 e. The lowest BCUT2D eigenvalue weighted by Crippen LogP contribution is -2.41. The van der Waals surface area contributed by atoms with Crippen molar-refractivity contribution in [2.24, 2.45) is 0 Å². The van der Waals surface area contributed by atoms with E-state index >= 15 is 0 Å². The van der Waals surface area contributed by atoms with Crippen LogP contribution in [0.3, 0.4) is 0 Å². The molecule has 0 bridgehead atoms. The molecular weight excluding hydrogens is 549 g/mol. The zero-order valence-corrected chi connectivity index (χ0v) is 29.1. The molecule has 2 aliphatic rings. The molecule has 3 aromatic carbocycles. The summed E-state index contributed by atoms with van der Waals surface area (Å²) >= 11 is 0. The first-order valence-corrected chi connectivity index (χ1v) is 18.1. The summed E-state index contributed by atoms with van der Waals surface area (Å²) in [6, 6.07) is 22.5. The van der Waals surface area contributed by atoms with Gasteiger partial charge in [0.1, 0.15) is 0 Å². The standard InChI is InChI=1S/C41H58BNO2/c1-7-9-11-13-15-19-29-41(30-20-16-14-12-10-8-2)35-22-18-17-21-33(35)34-27-28-36(43)37(38(34)41)31-23-25-32(26-24-31)42-44-39(3,4)40(5,6)45-42/h17-18,21-28H,7-16,19-20,29-30,43H2,1-6H3. The molecule has 1 aliphatic carbocycles. The molecule has 0 unspecified atom stereocenters. The number of hydrogen-bond donors (Lipinski definition) is 1. The number of anilines is 1. The van der Waals surface area contributed by atoms with Crippen molar-refractivity contribution in [2.75, 3.05) is 5.73 Å². The predicted octanol–water partition coefficient (Wildman–Crippen LogP) is 11.0. The van der Waals surface area contributed by atoms with Crippen LogP contribution in [0.4, 0.5) is 5.69 Å². The van der Waals surface area contributed by atoms with Crippen molar-refractivity contribution >= 4 is 18.3 Å². The Hall–Kier alpha value is -2.56. The minimum Gasteiger partial charge on any atom is -0.399 e. The molecule has 0 amide bonds. The highest BCUT2D eigenvalue weighted by Gasteiger charge is 2.51. The van der Waals surface area contributed by atoms with Gasteiger partial charge in [-0.15, -0.1) is 0 Å². The maximum Gasteiger partial charge on any atom is 0.494 e. The average molecular weight is 608 g/mol. The molecule has 3 nitrogen and oxygen atoms in total. The fraction of sp³-hybridized carbons (Fsp3) is 0.561. The van der Waals surface area contributed by atoms with Crippen LogP contribution in [0, 0.1) is 0 Å². The van der Waals surface area contributed by atoms with Gasteiger partial charge in [-0.05, 0) is 79.9 Å². The van der Waals surface area contributed by atoms with E-state index in [2.05, 4.69) is 102 Å². The molecule has 45 heavy (non-hydrogen) atoms. The second kappa shape index (κ2) is 14.5. The van der Waals surface area contributed by atoms with Crippen LogP contribution in [0.5, 0.6) is 0 Å². The molecule has 2 N–H and O–H groups in total. The molecule has 1 fully saturated rings. The summed E-state index contributed by atoms with van der Waals surface area (Å²) in [5.74, 6) is 0. The van der Waals surface area contributed by atoms with Gasteiger partial charge < -0.3 is 15.0 Å². The van der Waals surface area contributed by atoms with Gasteiger partial charge in [-0.1, -0.05) is 145 Å². The fourth-order valence-electron chi connectivity index (χ4n) is 7.77. The second-order valence-electron chi connectivity index (χ2n) is 14.8. The summed E-state index contributed by atoms with van der Waals surface area (Å²) in [4.78, 5) is 0. The van der Waals surface area contributed by atoms with Gasteiger partial charge in [0.2, 0.25) is 0 Å². The SMILES string of the molecule is CCCCCCCCC1(CCCCCCCC)c2ccccc2-c2ccc(N)c(-c3ccc(B4OC(C)(C)C(C)(C)O4)cc3)c21. The minimum absolute atomic E-state index is 0.0173. The van der Waals surface area contributed by atoms with Crippen LogP contribution in [0.1, 0.15) is 143 Å². The zero-order valence-electron chi connectivity index (χ0n) is 29.1. The summed E-state index contributed by atoms with van der Waals surface area (Å²) < 4.78 is 12.8. The molecule has 0 spiro atoms. The molecule has 3 aromatic rings. The van der Waals surface area contributed by atoms with E-state index in [0.717, 1.165) is 11.2 Å². The Morgan fingerprint density at radius 2 is 1.13 bits per heavy atom. The van der Waals surface area contributed by atoms with Gasteiger partial charge in [0.25, 0.3) is 0 Å². The Morgan fingerprint density at radius 1 is 0.600 bits per heavy atom. The van der Waals surface area contributed by atoms with Crippen LogP contribution in [-0.2, 0) is 14.7 Å². The summed E-state index contributed by atoms with van der Waals surface area (Å²) in [5, 5.41) is 0. The van der Waals surface area contributed by atoms with Gasteiger partial charge in [0, 0.05) is 16.7 Å². The Morgan fingerprint density at radius 3 is 1.71 bits per heavy atom. The van der Waals surface area contributed by atoms with Crippen molar-refractivity contribution in [2.45, 2.75) is 148 Å². The molecule has 1 heterocycles. The normalized spacial score (nSPS) is 17.4. The monoisotopic (exact) mass is 607 g/mol. The lowest BCUT2D eigenvalue weighted by molar-refractivity contribution is 0.00578. The minimum atomic E-state index is -0.369. The number of fused-ring (bicyclic) bond motifs is 3. The molecular formula is C41H58BNO2. The van der Waals surface area contributed by atoms with Gasteiger partial charge in [-0.2, -0.15) is 0 Å². The number of rotatable bonds is 16. The molecule has 0 radical (unpaired) electrons. The summed E-state index contributed by atoms with van der Waals surface area (Å²) in [5.41, 5.74) is 16.3. The molecule has 1 aliphatic heterocycles. The van der Waals surface area contributed by atoms with Crippen LogP contribution >= 0.6 is 0 Å². The molecule has 242 valence electrons.